The zero-order valence-electron chi connectivity index (χ0n) is 12.0. The lowest BCUT2D eigenvalue weighted by molar-refractivity contribution is -0.0461. The fraction of sp³-hybridized carbons (Fsp3) is 0.692. The molecule has 8 heteroatoms. The molecular weight excluding hydrogens is 280 g/mol. The summed E-state index contributed by atoms with van der Waals surface area (Å²) in [6.45, 7) is 3.42. The molecular formula is C13H20N2O6. The van der Waals surface area contributed by atoms with Gasteiger partial charge in [-0.1, -0.05) is 0 Å². The van der Waals surface area contributed by atoms with Gasteiger partial charge in [0.25, 0.3) is 5.56 Å². The topological polar surface area (TPSA) is 114 Å². The molecule has 0 unspecified atom stereocenters. The van der Waals surface area contributed by atoms with E-state index in [1.807, 2.05) is 13.8 Å². The summed E-state index contributed by atoms with van der Waals surface area (Å²) in [4.78, 5) is 25.8. The highest BCUT2D eigenvalue weighted by molar-refractivity contribution is 5.04. The van der Waals surface area contributed by atoms with Gasteiger partial charge in [-0.3, -0.25) is 14.3 Å². The van der Waals surface area contributed by atoms with Crippen molar-refractivity contribution in [2.45, 2.75) is 51.4 Å². The minimum absolute atomic E-state index is 0.0481. The molecule has 0 bridgehead atoms. The van der Waals surface area contributed by atoms with Crippen molar-refractivity contribution in [3.05, 3.63) is 32.6 Å². The number of nitrogens with one attached hydrogen (secondary N) is 1. The van der Waals surface area contributed by atoms with Gasteiger partial charge in [-0.05, 0) is 13.8 Å². The van der Waals surface area contributed by atoms with Crippen molar-refractivity contribution in [2.24, 2.45) is 0 Å². The summed E-state index contributed by atoms with van der Waals surface area (Å²) < 4.78 is 12.0. The molecule has 0 aliphatic carbocycles. The van der Waals surface area contributed by atoms with Crippen LogP contribution in [0.25, 0.3) is 0 Å². The molecule has 0 saturated carbocycles. The number of rotatable bonds is 5. The Labute approximate surface area is 120 Å². The van der Waals surface area contributed by atoms with Gasteiger partial charge in [0.05, 0.1) is 31.0 Å². The summed E-state index contributed by atoms with van der Waals surface area (Å²) in [7, 11) is 0. The van der Waals surface area contributed by atoms with Crippen LogP contribution in [0, 0.1) is 0 Å². The molecule has 1 aliphatic rings. The van der Waals surface area contributed by atoms with Gasteiger partial charge in [0.15, 0.2) is 0 Å². The third-order valence-electron chi connectivity index (χ3n) is 3.31. The number of aliphatic hydroxyl groups excluding tert-OH is 2. The molecule has 1 saturated heterocycles. The number of aromatic amines is 1. The third kappa shape index (κ3) is 3.59. The van der Waals surface area contributed by atoms with E-state index in [9.17, 15) is 14.7 Å². The molecule has 1 fully saturated rings. The standard InChI is InChI=1S/C13H20N2O6/c1-7(2)20-6-8-4-15(13(19)14-12(8)18)11-3-9(17)10(5-16)21-11/h4,7,9-11,16-17H,3,5-6H2,1-2H3,(H,14,18,19)/t9-,10+,11+/m0/s1. The van der Waals surface area contributed by atoms with Gasteiger partial charge < -0.3 is 19.7 Å². The second-order valence-electron chi connectivity index (χ2n) is 5.30. The normalized spacial score (nSPS) is 25.7. The van der Waals surface area contributed by atoms with Crippen LogP contribution < -0.4 is 11.2 Å². The van der Waals surface area contributed by atoms with Crippen LogP contribution in [-0.2, 0) is 16.1 Å². The fourth-order valence-corrected chi connectivity index (χ4v) is 2.15. The van der Waals surface area contributed by atoms with E-state index >= 15 is 0 Å². The molecule has 0 radical (unpaired) electrons. The highest BCUT2D eigenvalue weighted by Gasteiger charge is 2.35. The molecule has 118 valence electrons. The average Bonchev–Trinajstić information content (AvgIpc) is 2.78. The first kappa shape index (κ1) is 15.9. The molecule has 1 aromatic rings. The van der Waals surface area contributed by atoms with Gasteiger partial charge in [-0.25, -0.2) is 4.79 Å². The number of aliphatic hydroxyl groups is 2. The maximum Gasteiger partial charge on any atom is 0.330 e. The molecule has 2 rings (SSSR count). The minimum atomic E-state index is -0.853. The zero-order chi connectivity index (χ0) is 15.6. The summed E-state index contributed by atoms with van der Waals surface area (Å²) in [5, 5.41) is 18.8. The van der Waals surface area contributed by atoms with Crippen molar-refractivity contribution >= 4 is 0 Å². The van der Waals surface area contributed by atoms with Crippen LogP contribution in [0.2, 0.25) is 0 Å². The number of ether oxygens (including phenoxy) is 2. The van der Waals surface area contributed by atoms with E-state index < -0.39 is 29.7 Å². The van der Waals surface area contributed by atoms with Crippen LogP contribution in [0.3, 0.4) is 0 Å². The first-order chi connectivity index (χ1) is 9.92. The second kappa shape index (κ2) is 6.52. The van der Waals surface area contributed by atoms with Crippen molar-refractivity contribution in [2.75, 3.05) is 6.61 Å². The van der Waals surface area contributed by atoms with E-state index in [0.717, 1.165) is 0 Å². The van der Waals surface area contributed by atoms with Gasteiger partial charge in [-0.2, -0.15) is 0 Å². The van der Waals surface area contributed by atoms with Crippen LogP contribution in [0.1, 0.15) is 32.1 Å². The average molecular weight is 300 g/mol. The van der Waals surface area contributed by atoms with E-state index in [4.69, 9.17) is 14.6 Å². The van der Waals surface area contributed by atoms with Gasteiger partial charge in [0.2, 0.25) is 0 Å². The Kier molecular flexibility index (Phi) is 4.94. The van der Waals surface area contributed by atoms with Crippen molar-refractivity contribution < 1.29 is 19.7 Å². The number of hydrogen-bond acceptors (Lipinski definition) is 6. The first-order valence-corrected chi connectivity index (χ1v) is 6.82. The Morgan fingerprint density at radius 3 is 2.81 bits per heavy atom. The lowest BCUT2D eigenvalue weighted by Gasteiger charge is -2.15. The Morgan fingerprint density at radius 2 is 2.24 bits per heavy atom. The molecule has 1 aromatic heterocycles. The molecule has 8 nitrogen and oxygen atoms in total. The van der Waals surface area contributed by atoms with Crippen molar-refractivity contribution in [3.8, 4) is 0 Å². The van der Waals surface area contributed by atoms with Crippen LogP contribution in [0.4, 0.5) is 0 Å². The smallest absolute Gasteiger partial charge is 0.330 e. The quantitative estimate of drug-likeness (QED) is 0.649. The van der Waals surface area contributed by atoms with Crippen LogP contribution in [-0.4, -0.2) is 44.7 Å². The summed E-state index contributed by atoms with van der Waals surface area (Å²) in [6.07, 6.45) is -0.812. The number of aromatic nitrogens is 2. The molecule has 0 spiro atoms. The minimum Gasteiger partial charge on any atom is -0.394 e. The van der Waals surface area contributed by atoms with E-state index in [2.05, 4.69) is 4.98 Å². The fourth-order valence-electron chi connectivity index (χ4n) is 2.15. The Balaban J connectivity index is 2.26. The molecule has 3 atom stereocenters. The van der Waals surface area contributed by atoms with Crippen molar-refractivity contribution in [3.63, 3.8) is 0 Å². The van der Waals surface area contributed by atoms with Gasteiger partial charge in [-0.15, -0.1) is 0 Å². The summed E-state index contributed by atoms with van der Waals surface area (Å²) >= 11 is 0. The van der Waals surface area contributed by atoms with Crippen LogP contribution in [0.5, 0.6) is 0 Å². The predicted molar refractivity (Wildman–Crippen MR) is 72.9 cm³/mol. The summed E-state index contributed by atoms with van der Waals surface area (Å²) in [6, 6.07) is 0. The van der Waals surface area contributed by atoms with E-state index in [1.165, 1.54) is 10.8 Å². The Bertz CT molecular complexity index is 593. The second-order valence-corrected chi connectivity index (χ2v) is 5.30. The molecule has 21 heavy (non-hydrogen) atoms. The molecule has 0 aromatic carbocycles. The summed E-state index contributed by atoms with van der Waals surface area (Å²) in [5.41, 5.74) is -0.827. The van der Waals surface area contributed by atoms with Crippen molar-refractivity contribution in [1.29, 1.82) is 0 Å². The molecule has 2 heterocycles. The highest BCUT2D eigenvalue weighted by Crippen LogP contribution is 2.27. The Morgan fingerprint density at radius 1 is 1.52 bits per heavy atom. The molecule has 1 aliphatic heterocycles. The van der Waals surface area contributed by atoms with E-state index in [-0.39, 0.29) is 25.7 Å². The Hall–Kier alpha value is -1.48. The maximum atomic E-state index is 11.9. The van der Waals surface area contributed by atoms with Crippen molar-refractivity contribution in [1.82, 2.24) is 9.55 Å². The predicted octanol–water partition coefficient (Wildman–Crippen LogP) is -0.898. The summed E-state index contributed by atoms with van der Waals surface area (Å²) in [5.74, 6) is 0. The number of hydrogen-bond donors (Lipinski definition) is 3. The first-order valence-electron chi connectivity index (χ1n) is 6.82. The monoisotopic (exact) mass is 300 g/mol. The van der Waals surface area contributed by atoms with E-state index in [1.54, 1.807) is 0 Å². The van der Waals surface area contributed by atoms with Gasteiger partial charge in [0, 0.05) is 12.6 Å². The highest BCUT2D eigenvalue weighted by atomic mass is 16.5. The number of H-pyrrole nitrogens is 1. The lowest BCUT2D eigenvalue weighted by atomic mass is 10.2. The lowest BCUT2D eigenvalue weighted by Crippen LogP contribution is -2.34. The van der Waals surface area contributed by atoms with Gasteiger partial charge >= 0.3 is 5.69 Å². The van der Waals surface area contributed by atoms with Crippen LogP contribution >= 0.6 is 0 Å². The SMILES string of the molecule is CC(C)OCc1cn([C@H]2C[C@H](O)[C@@H](CO)O2)c(=O)[nH]c1=O. The zero-order valence-corrected chi connectivity index (χ0v) is 12.0. The maximum absolute atomic E-state index is 11.9. The number of nitrogens with zero attached hydrogens (tertiary/aromatic N) is 1. The third-order valence-corrected chi connectivity index (χ3v) is 3.31. The largest absolute Gasteiger partial charge is 0.394 e. The van der Waals surface area contributed by atoms with Gasteiger partial charge in [0.1, 0.15) is 12.3 Å². The van der Waals surface area contributed by atoms with E-state index in [0.29, 0.717) is 5.56 Å². The molecule has 0 amide bonds. The molecule has 3 N–H and O–H groups in total. The van der Waals surface area contributed by atoms with Crippen LogP contribution in [0.15, 0.2) is 15.8 Å².